The Kier molecular flexibility index (Phi) is 5.69. The Bertz CT molecular complexity index is 1830. The van der Waals surface area contributed by atoms with Crippen molar-refractivity contribution in [3.05, 3.63) is 84.7 Å². The van der Waals surface area contributed by atoms with Crippen molar-refractivity contribution in [2.24, 2.45) is 5.92 Å². The number of para-hydroxylation sites is 1. The Labute approximate surface area is 225 Å². The minimum absolute atomic E-state index is 0.128. The lowest BCUT2D eigenvalue weighted by atomic mass is 9.85. The first-order valence-electron chi connectivity index (χ1n) is 13.5. The van der Waals surface area contributed by atoms with Crippen LogP contribution >= 0.6 is 0 Å². The third-order valence-corrected chi connectivity index (χ3v) is 7.75. The number of carbonyl (C=O) groups is 1. The van der Waals surface area contributed by atoms with Gasteiger partial charge in [0.2, 0.25) is 5.91 Å². The summed E-state index contributed by atoms with van der Waals surface area (Å²) in [6, 6.07) is 22.7. The van der Waals surface area contributed by atoms with Crippen molar-refractivity contribution in [2.45, 2.75) is 32.6 Å². The smallest absolute Gasteiger partial charge is 0.227 e. The van der Waals surface area contributed by atoms with Crippen molar-refractivity contribution in [1.82, 2.24) is 25.1 Å². The molecule has 1 aliphatic rings. The highest BCUT2D eigenvalue weighted by Crippen LogP contribution is 2.34. The van der Waals surface area contributed by atoms with E-state index in [1.165, 1.54) is 5.56 Å². The summed E-state index contributed by atoms with van der Waals surface area (Å²) < 4.78 is 0. The zero-order valence-electron chi connectivity index (χ0n) is 21.7. The molecule has 1 amide bonds. The van der Waals surface area contributed by atoms with Crippen LogP contribution in [-0.4, -0.2) is 31.1 Å². The van der Waals surface area contributed by atoms with Crippen LogP contribution in [0, 0.1) is 5.92 Å². The highest BCUT2D eigenvalue weighted by Gasteiger charge is 2.25. The molecule has 7 rings (SSSR count). The molecule has 3 N–H and O–H groups in total. The molecule has 7 heteroatoms. The van der Waals surface area contributed by atoms with Gasteiger partial charge < -0.3 is 10.3 Å². The first-order chi connectivity index (χ1) is 19.2. The maximum atomic E-state index is 12.6. The first-order valence-corrected chi connectivity index (χ1v) is 13.5. The van der Waals surface area contributed by atoms with Gasteiger partial charge in [0.1, 0.15) is 5.69 Å². The zero-order valence-corrected chi connectivity index (χ0v) is 21.7. The van der Waals surface area contributed by atoms with Gasteiger partial charge in [0.25, 0.3) is 0 Å². The molecule has 0 radical (unpaired) electrons. The molecule has 3 heterocycles. The lowest BCUT2D eigenvalue weighted by molar-refractivity contribution is -0.122. The quantitative estimate of drug-likeness (QED) is 0.221. The SMILES string of the molecule is CCc1cc(NC(=O)C2CCC2)cc(-c2ccc3[nH]nc(-c4nc5c(-c6cccnc6)cccc5[nH]4)c3c2)c1. The highest BCUT2D eigenvalue weighted by atomic mass is 16.1. The lowest BCUT2D eigenvalue weighted by Gasteiger charge is -2.24. The fourth-order valence-electron chi connectivity index (χ4n) is 5.32. The molecule has 192 valence electrons. The summed E-state index contributed by atoms with van der Waals surface area (Å²) in [4.78, 5) is 25.4. The molecule has 0 unspecified atom stereocenters. The van der Waals surface area contributed by atoms with Crippen LogP contribution in [0.25, 0.3) is 55.7 Å². The Morgan fingerprint density at radius 3 is 2.69 bits per heavy atom. The van der Waals surface area contributed by atoms with E-state index >= 15 is 0 Å². The average molecular weight is 513 g/mol. The van der Waals surface area contributed by atoms with Crippen LogP contribution in [-0.2, 0) is 11.2 Å². The number of nitrogens with one attached hydrogen (secondary N) is 3. The van der Waals surface area contributed by atoms with Gasteiger partial charge in [0, 0.05) is 40.5 Å². The van der Waals surface area contributed by atoms with Crippen LogP contribution in [0.4, 0.5) is 5.69 Å². The van der Waals surface area contributed by atoms with Gasteiger partial charge in [-0.1, -0.05) is 43.7 Å². The van der Waals surface area contributed by atoms with Gasteiger partial charge in [-0.25, -0.2) is 4.98 Å². The van der Waals surface area contributed by atoms with E-state index in [9.17, 15) is 4.79 Å². The Morgan fingerprint density at radius 2 is 1.90 bits per heavy atom. The predicted molar refractivity (Wildman–Crippen MR) is 155 cm³/mol. The van der Waals surface area contributed by atoms with E-state index in [1.54, 1.807) is 6.20 Å². The average Bonchev–Trinajstić information content (AvgIpc) is 3.56. The fraction of sp³-hybridized carbons (Fsp3) is 0.188. The minimum atomic E-state index is 0.128. The first kappa shape index (κ1) is 23.3. The zero-order chi connectivity index (χ0) is 26.3. The maximum Gasteiger partial charge on any atom is 0.227 e. The molecule has 3 aromatic carbocycles. The van der Waals surface area contributed by atoms with E-state index in [1.807, 2.05) is 30.5 Å². The fourth-order valence-corrected chi connectivity index (χ4v) is 5.32. The van der Waals surface area contributed by atoms with E-state index in [0.717, 1.165) is 81.3 Å². The Hall–Kier alpha value is -4.78. The number of benzene rings is 3. The lowest BCUT2D eigenvalue weighted by Crippen LogP contribution is -2.28. The number of hydrogen-bond donors (Lipinski definition) is 3. The number of nitrogens with zero attached hydrogens (tertiary/aromatic N) is 3. The van der Waals surface area contributed by atoms with Gasteiger partial charge in [-0.2, -0.15) is 5.10 Å². The number of amides is 1. The molecule has 0 aliphatic heterocycles. The van der Waals surface area contributed by atoms with Crippen molar-refractivity contribution in [2.75, 3.05) is 5.32 Å². The number of aryl methyl sites for hydroxylation is 1. The molecule has 1 saturated carbocycles. The van der Waals surface area contributed by atoms with Gasteiger partial charge in [0.15, 0.2) is 5.82 Å². The second-order valence-electron chi connectivity index (χ2n) is 10.3. The Morgan fingerprint density at radius 1 is 0.974 bits per heavy atom. The largest absolute Gasteiger partial charge is 0.337 e. The number of imidazole rings is 1. The molecule has 7 nitrogen and oxygen atoms in total. The second kappa shape index (κ2) is 9.51. The number of anilines is 1. The van der Waals surface area contributed by atoms with Crippen LogP contribution in [0.1, 0.15) is 31.7 Å². The number of pyridine rings is 1. The minimum Gasteiger partial charge on any atom is -0.337 e. The van der Waals surface area contributed by atoms with Gasteiger partial charge in [-0.15, -0.1) is 0 Å². The maximum absolute atomic E-state index is 12.6. The summed E-state index contributed by atoms with van der Waals surface area (Å²) in [7, 11) is 0. The summed E-state index contributed by atoms with van der Waals surface area (Å²) in [5, 5.41) is 11.9. The molecule has 0 atom stereocenters. The van der Waals surface area contributed by atoms with E-state index in [2.05, 4.69) is 74.9 Å². The summed E-state index contributed by atoms with van der Waals surface area (Å²) in [5.74, 6) is 0.982. The van der Waals surface area contributed by atoms with Gasteiger partial charge in [-0.05, 0) is 72.4 Å². The number of aromatic nitrogens is 5. The molecule has 6 aromatic rings. The van der Waals surface area contributed by atoms with Crippen molar-refractivity contribution in [3.63, 3.8) is 0 Å². The molecular formula is C32H28N6O. The van der Waals surface area contributed by atoms with Gasteiger partial charge in [-0.3, -0.25) is 14.9 Å². The van der Waals surface area contributed by atoms with Gasteiger partial charge in [0.05, 0.1) is 16.6 Å². The van der Waals surface area contributed by atoms with Crippen molar-refractivity contribution < 1.29 is 4.79 Å². The number of carbonyl (C=O) groups excluding carboxylic acids is 1. The third-order valence-electron chi connectivity index (χ3n) is 7.75. The number of H-pyrrole nitrogens is 2. The van der Waals surface area contributed by atoms with Crippen molar-refractivity contribution in [1.29, 1.82) is 0 Å². The molecular weight excluding hydrogens is 484 g/mol. The third kappa shape index (κ3) is 4.26. The molecule has 0 bridgehead atoms. The summed E-state index contributed by atoms with van der Waals surface area (Å²) in [5.41, 5.74) is 9.75. The van der Waals surface area contributed by atoms with Gasteiger partial charge >= 0.3 is 0 Å². The van der Waals surface area contributed by atoms with Crippen LogP contribution in [0.2, 0.25) is 0 Å². The van der Waals surface area contributed by atoms with E-state index in [4.69, 9.17) is 4.98 Å². The normalized spacial score (nSPS) is 13.6. The van der Waals surface area contributed by atoms with Crippen LogP contribution in [0.5, 0.6) is 0 Å². The topological polar surface area (TPSA) is 99.3 Å². The van der Waals surface area contributed by atoms with E-state index in [0.29, 0.717) is 5.82 Å². The number of fused-ring (bicyclic) bond motifs is 2. The summed E-state index contributed by atoms with van der Waals surface area (Å²) >= 11 is 0. The number of rotatable bonds is 6. The predicted octanol–water partition coefficient (Wildman–Crippen LogP) is 7.14. The molecule has 0 spiro atoms. The molecule has 1 fully saturated rings. The van der Waals surface area contributed by atoms with E-state index < -0.39 is 0 Å². The van der Waals surface area contributed by atoms with Crippen LogP contribution in [0.15, 0.2) is 79.1 Å². The second-order valence-corrected chi connectivity index (χ2v) is 10.3. The Balaban J connectivity index is 1.29. The highest BCUT2D eigenvalue weighted by molar-refractivity contribution is 5.99. The number of hydrogen-bond acceptors (Lipinski definition) is 4. The summed E-state index contributed by atoms with van der Waals surface area (Å²) in [6.45, 7) is 2.13. The number of aromatic amines is 2. The standard InChI is InChI=1S/C32H28N6O/c1-2-19-14-23(16-24(15-19)34-32(39)20-6-3-7-20)21-11-12-27-26(17-21)30(38-37-27)31-35-28-10-4-9-25(29(28)36-31)22-8-5-13-33-18-22/h4-5,8-18,20H,2-3,6-7H2,1H3,(H,34,39)(H,35,36)(H,37,38). The van der Waals surface area contributed by atoms with E-state index in [-0.39, 0.29) is 11.8 Å². The monoisotopic (exact) mass is 512 g/mol. The van der Waals surface area contributed by atoms with Crippen molar-refractivity contribution in [3.8, 4) is 33.8 Å². The van der Waals surface area contributed by atoms with Crippen molar-refractivity contribution >= 4 is 33.5 Å². The molecule has 1 aliphatic carbocycles. The molecule has 0 saturated heterocycles. The van der Waals surface area contributed by atoms with Crippen LogP contribution < -0.4 is 5.32 Å². The summed E-state index contributed by atoms with van der Waals surface area (Å²) in [6.07, 6.45) is 7.62. The molecule has 3 aromatic heterocycles. The molecule has 39 heavy (non-hydrogen) atoms. The van der Waals surface area contributed by atoms with Crippen LogP contribution in [0.3, 0.4) is 0 Å².